The van der Waals surface area contributed by atoms with E-state index in [4.69, 9.17) is 14.2 Å². The molecule has 0 saturated heterocycles. The Labute approximate surface area is 215 Å². The first-order valence-corrected chi connectivity index (χ1v) is 11.8. The van der Waals surface area contributed by atoms with E-state index in [1.165, 1.54) is 12.1 Å². The number of carbonyl (C=O) groups excluding carboxylic acids is 1. The Morgan fingerprint density at radius 3 is 2.63 bits per heavy atom. The summed E-state index contributed by atoms with van der Waals surface area (Å²) in [4.78, 5) is 27.5. The molecule has 3 aromatic rings. The highest BCUT2D eigenvalue weighted by atomic mass is 127. The standard InChI is InChI=1S/C26H21IN2O6/c1-3-33-24-14-17(10-11-23(24)34-15-18-6-4-7-19(27)12-18)13-21-26(30)35-25(28-21)20-8-5-9-22(16(20)2)29(31)32/h4-14H,3,15H2,1-2H3/b21-13-. The van der Waals surface area contributed by atoms with Gasteiger partial charge in [-0.2, -0.15) is 0 Å². The zero-order valence-corrected chi connectivity index (χ0v) is 21.1. The van der Waals surface area contributed by atoms with Gasteiger partial charge in [0.05, 0.1) is 11.5 Å². The van der Waals surface area contributed by atoms with Gasteiger partial charge in [0.1, 0.15) is 6.61 Å². The summed E-state index contributed by atoms with van der Waals surface area (Å²) >= 11 is 2.26. The van der Waals surface area contributed by atoms with Crippen LogP contribution in [0.15, 0.2) is 71.4 Å². The lowest BCUT2D eigenvalue weighted by molar-refractivity contribution is -0.385. The Morgan fingerprint density at radius 2 is 1.89 bits per heavy atom. The lowest BCUT2D eigenvalue weighted by Crippen LogP contribution is -2.08. The van der Waals surface area contributed by atoms with Crippen LogP contribution in [0.4, 0.5) is 5.69 Å². The predicted molar refractivity (Wildman–Crippen MR) is 140 cm³/mol. The van der Waals surface area contributed by atoms with Crippen molar-refractivity contribution < 1.29 is 23.9 Å². The number of halogens is 1. The van der Waals surface area contributed by atoms with Crippen molar-refractivity contribution in [3.8, 4) is 11.5 Å². The van der Waals surface area contributed by atoms with Crippen LogP contribution in [0.25, 0.3) is 6.08 Å². The summed E-state index contributed by atoms with van der Waals surface area (Å²) in [6, 6.07) is 17.9. The van der Waals surface area contributed by atoms with Crippen LogP contribution in [0.3, 0.4) is 0 Å². The average molecular weight is 584 g/mol. The first kappa shape index (κ1) is 24.4. The third kappa shape index (κ3) is 5.68. The average Bonchev–Trinajstić information content (AvgIpc) is 3.18. The van der Waals surface area contributed by atoms with Gasteiger partial charge in [0.15, 0.2) is 17.2 Å². The van der Waals surface area contributed by atoms with Gasteiger partial charge in [0.2, 0.25) is 5.90 Å². The third-order valence-electron chi connectivity index (χ3n) is 5.21. The van der Waals surface area contributed by atoms with E-state index >= 15 is 0 Å². The van der Waals surface area contributed by atoms with Gasteiger partial charge < -0.3 is 14.2 Å². The fourth-order valence-corrected chi connectivity index (χ4v) is 4.13. The number of rotatable bonds is 8. The van der Waals surface area contributed by atoms with E-state index in [-0.39, 0.29) is 17.3 Å². The predicted octanol–water partition coefficient (Wildman–Crippen LogP) is 5.83. The number of aliphatic imine (C=N–C) groups is 1. The van der Waals surface area contributed by atoms with Crippen LogP contribution >= 0.6 is 22.6 Å². The zero-order valence-electron chi connectivity index (χ0n) is 19.0. The maximum absolute atomic E-state index is 12.5. The smallest absolute Gasteiger partial charge is 0.363 e. The van der Waals surface area contributed by atoms with E-state index in [1.54, 1.807) is 37.3 Å². The molecular formula is C26H21IN2O6. The van der Waals surface area contributed by atoms with E-state index in [9.17, 15) is 14.9 Å². The summed E-state index contributed by atoms with van der Waals surface area (Å²) in [6.07, 6.45) is 1.58. The molecule has 0 radical (unpaired) electrons. The van der Waals surface area contributed by atoms with E-state index in [0.29, 0.717) is 41.4 Å². The van der Waals surface area contributed by atoms with Crippen LogP contribution in [0.2, 0.25) is 0 Å². The lowest BCUT2D eigenvalue weighted by atomic mass is 10.1. The molecule has 9 heteroatoms. The maximum Gasteiger partial charge on any atom is 0.363 e. The van der Waals surface area contributed by atoms with Crippen molar-refractivity contribution in [3.05, 3.63) is 102 Å². The van der Waals surface area contributed by atoms with Gasteiger partial charge in [-0.25, -0.2) is 9.79 Å². The van der Waals surface area contributed by atoms with Gasteiger partial charge in [0.25, 0.3) is 5.69 Å². The van der Waals surface area contributed by atoms with E-state index < -0.39 is 10.9 Å². The number of hydrogen-bond donors (Lipinski definition) is 0. The van der Waals surface area contributed by atoms with Crippen molar-refractivity contribution >= 4 is 46.2 Å². The number of benzene rings is 3. The molecule has 0 spiro atoms. The molecule has 0 aromatic heterocycles. The van der Waals surface area contributed by atoms with Gasteiger partial charge in [0, 0.05) is 20.8 Å². The number of esters is 1. The van der Waals surface area contributed by atoms with Crippen molar-refractivity contribution in [2.45, 2.75) is 20.5 Å². The first-order valence-electron chi connectivity index (χ1n) is 10.8. The summed E-state index contributed by atoms with van der Waals surface area (Å²) in [6.45, 7) is 4.30. The minimum atomic E-state index is -0.636. The second-order valence-corrected chi connectivity index (χ2v) is 8.85. The number of nitro groups is 1. The molecule has 178 valence electrons. The lowest BCUT2D eigenvalue weighted by Gasteiger charge is -2.13. The highest BCUT2D eigenvalue weighted by Gasteiger charge is 2.27. The summed E-state index contributed by atoms with van der Waals surface area (Å²) < 4.78 is 18.2. The Bertz CT molecular complexity index is 1370. The zero-order chi connectivity index (χ0) is 24.9. The molecule has 0 saturated carbocycles. The van der Waals surface area contributed by atoms with E-state index in [1.807, 2.05) is 31.2 Å². The van der Waals surface area contributed by atoms with Crippen molar-refractivity contribution in [3.63, 3.8) is 0 Å². The highest BCUT2D eigenvalue weighted by Crippen LogP contribution is 2.31. The van der Waals surface area contributed by atoms with Crippen molar-refractivity contribution in [2.75, 3.05) is 6.61 Å². The van der Waals surface area contributed by atoms with Crippen molar-refractivity contribution in [1.29, 1.82) is 0 Å². The first-order chi connectivity index (χ1) is 16.9. The van der Waals surface area contributed by atoms with Crippen molar-refractivity contribution in [1.82, 2.24) is 0 Å². The molecule has 0 N–H and O–H groups in total. The van der Waals surface area contributed by atoms with Gasteiger partial charge in [-0.15, -0.1) is 0 Å². The molecule has 8 nitrogen and oxygen atoms in total. The van der Waals surface area contributed by atoms with Gasteiger partial charge in [-0.3, -0.25) is 10.1 Å². The topological polar surface area (TPSA) is 100 Å². The second kappa shape index (κ2) is 10.7. The number of nitrogens with zero attached hydrogens (tertiary/aromatic N) is 2. The molecule has 1 aliphatic rings. The molecule has 1 aliphatic heterocycles. The SMILES string of the molecule is CCOc1cc(/C=C2\N=C(c3cccc([N+](=O)[O-])c3C)OC2=O)ccc1OCc1cccc(I)c1. The number of nitro benzene ring substituents is 1. The Hall–Kier alpha value is -3.73. The molecule has 0 unspecified atom stereocenters. The molecule has 0 fully saturated rings. The molecule has 1 heterocycles. The number of cyclic esters (lactones) is 1. The summed E-state index contributed by atoms with van der Waals surface area (Å²) in [5.74, 6) is 0.517. The van der Waals surface area contributed by atoms with Crippen LogP contribution in [0.1, 0.15) is 29.2 Å². The van der Waals surface area contributed by atoms with Crippen LogP contribution in [-0.2, 0) is 16.1 Å². The summed E-state index contributed by atoms with van der Waals surface area (Å²) in [5.41, 5.74) is 2.49. The molecule has 0 aliphatic carbocycles. The van der Waals surface area contributed by atoms with Crippen LogP contribution in [0.5, 0.6) is 11.5 Å². The Balaban J connectivity index is 1.59. The minimum absolute atomic E-state index is 0.0323. The van der Waals surface area contributed by atoms with Crippen molar-refractivity contribution in [2.24, 2.45) is 4.99 Å². The molecule has 0 amide bonds. The van der Waals surface area contributed by atoms with Crippen LogP contribution < -0.4 is 9.47 Å². The summed E-state index contributed by atoms with van der Waals surface area (Å²) in [5, 5.41) is 11.2. The molecule has 4 rings (SSSR count). The molecular weight excluding hydrogens is 563 g/mol. The van der Waals surface area contributed by atoms with Crippen LogP contribution in [-0.4, -0.2) is 23.4 Å². The molecule has 0 atom stereocenters. The van der Waals surface area contributed by atoms with E-state index in [2.05, 4.69) is 27.6 Å². The molecule has 3 aromatic carbocycles. The number of hydrogen-bond acceptors (Lipinski definition) is 7. The molecule has 0 bridgehead atoms. The quantitative estimate of drug-likeness (QED) is 0.109. The summed E-state index contributed by atoms with van der Waals surface area (Å²) in [7, 11) is 0. The number of ether oxygens (including phenoxy) is 3. The second-order valence-electron chi connectivity index (χ2n) is 7.60. The normalized spacial score (nSPS) is 14.0. The maximum atomic E-state index is 12.5. The fourth-order valence-electron chi connectivity index (χ4n) is 3.52. The van der Waals surface area contributed by atoms with Gasteiger partial charge in [-0.1, -0.05) is 24.3 Å². The van der Waals surface area contributed by atoms with Crippen LogP contribution in [0, 0.1) is 20.6 Å². The van der Waals surface area contributed by atoms with E-state index in [0.717, 1.165) is 9.13 Å². The van der Waals surface area contributed by atoms with Gasteiger partial charge >= 0.3 is 5.97 Å². The Morgan fingerprint density at radius 1 is 1.09 bits per heavy atom. The van der Waals surface area contributed by atoms with Gasteiger partial charge in [-0.05, 0) is 84.0 Å². The molecule has 35 heavy (non-hydrogen) atoms. The Kier molecular flexibility index (Phi) is 7.45. The number of carbonyl (C=O) groups is 1. The fraction of sp³-hybridized carbons (Fsp3) is 0.154. The minimum Gasteiger partial charge on any atom is -0.490 e. The highest BCUT2D eigenvalue weighted by molar-refractivity contribution is 14.1. The largest absolute Gasteiger partial charge is 0.490 e. The monoisotopic (exact) mass is 584 g/mol. The third-order valence-corrected chi connectivity index (χ3v) is 5.88.